The second-order valence-corrected chi connectivity index (χ2v) is 6.34. The third kappa shape index (κ3) is 5.17. The van der Waals surface area contributed by atoms with Crippen LogP contribution in [0.15, 0.2) is 15.2 Å². The number of halogens is 1. The Morgan fingerprint density at radius 1 is 1.45 bits per heavy atom. The van der Waals surface area contributed by atoms with E-state index in [1.54, 1.807) is 0 Å². The van der Waals surface area contributed by atoms with Crippen LogP contribution in [0.4, 0.5) is 4.79 Å². The van der Waals surface area contributed by atoms with E-state index >= 15 is 0 Å². The third-order valence-electron chi connectivity index (χ3n) is 2.36. The fraction of sp³-hybridized carbons (Fsp3) is 0.364. The number of carbonyl (C=O) groups is 3. The highest BCUT2D eigenvalue weighted by atomic mass is 79.9. The highest BCUT2D eigenvalue weighted by Gasteiger charge is 2.24. The molecule has 1 aromatic rings. The average molecular weight is 365 g/mol. The van der Waals surface area contributed by atoms with Gasteiger partial charge in [0.1, 0.15) is 6.04 Å². The lowest BCUT2D eigenvalue weighted by Gasteiger charge is -2.20. The van der Waals surface area contributed by atoms with E-state index in [0.29, 0.717) is 6.54 Å². The van der Waals surface area contributed by atoms with E-state index in [0.717, 1.165) is 9.35 Å². The molecule has 2 amide bonds. The second kappa shape index (κ2) is 7.25. The molecule has 0 bridgehead atoms. The van der Waals surface area contributed by atoms with E-state index in [2.05, 4.69) is 21.2 Å². The lowest BCUT2D eigenvalue weighted by molar-refractivity contribution is -0.145. The van der Waals surface area contributed by atoms with Gasteiger partial charge in [-0.2, -0.15) is 0 Å². The van der Waals surface area contributed by atoms with Gasteiger partial charge in [-0.3, -0.25) is 4.79 Å². The largest absolute Gasteiger partial charge is 0.481 e. The molecular weight excluding hydrogens is 352 g/mol. The van der Waals surface area contributed by atoms with Gasteiger partial charge in [-0.15, -0.1) is 11.3 Å². The molecule has 1 rings (SSSR count). The number of hydrogen-bond acceptors (Lipinski definition) is 4. The Hall–Kier alpha value is -1.61. The van der Waals surface area contributed by atoms with Gasteiger partial charge in [0.15, 0.2) is 0 Å². The lowest BCUT2D eigenvalue weighted by Crippen LogP contribution is -2.47. The minimum atomic E-state index is -1.45. The topological polar surface area (TPSA) is 107 Å². The zero-order valence-electron chi connectivity index (χ0n) is 10.5. The number of hydrogen-bond donors (Lipinski definition) is 3. The van der Waals surface area contributed by atoms with Gasteiger partial charge in [0, 0.05) is 13.6 Å². The smallest absolute Gasteiger partial charge is 0.326 e. The van der Waals surface area contributed by atoms with E-state index in [1.807, 2.05) is 11.4 Å². The Kier molecular flexibility index (Phi) is 5.96. The second-order valence-electron chi connectivity index (χ2n) is 4.05. The fourth-order valence-electron chi connectivity index (χ4n) is 1.41. The molecule has 20 heavy (non-hydrogen) atoms. The molecule has 0 saturated heterocycles. The van der Waals surface area contributed by atoms with Gasteiger partial charge >= 0.3 is 18.0 Å². The molecule has 0 aliphatic rings. The molecule has 0 aromatic carbocycles. The maximum atomic E-state index is 11.8. The van der Waals surface area contributed by atoms with Crippen molar-refractivity contribution in [1.29, 1.82) is 0 Å². The number of nitrogens with one attached hydrogen (secondary N) is 1. The van der Waals surface area contributed by atoms with Crippen LogP contribution in [0.1, 0.15) is 12.0 Å². The zero-order valence-corrected chi connectivity index (χ0v) is 12.9. The number of rotatable bonds is 6. The Bertz CT molecular complexity index is 519. The van der Waals surface area contributed by atoms with Gasteiger partial charge in [-0.05, 0) is 32.9 Å². The SMILES string of the molecule is CN(Cc1csc(Br)c1)C(=O)N[C@H](CC(=O)O)C(=O)O. The van der Waals surface area contributed by atoms with Crippen LogP contribution in [-0.4, -0.2) is 46.2 Å². The normalized spacial score (nSPS) is 11.7. The molecule has 0 fully saturated rings. The van der Waals surface area contributed by atoms with E-state index in [4.69, 9.17) is 10.2 Å². The number of carboxylic acids is 2. The highest BCUT2D eigenvalue weighted by molar-refractivity contribution is 9.11. The van der Waals surface area contributed by atoms with Crippen molar-refractivity contribution in [1.82, 2.24) is 10.2 Å². The minimum Gasteiger partial charge on any atom is -0.481 e. The zero-order chi connectivity index (χ0) is 15.3. The summed E-state index contributed by atoms with van der Waals surface area (Å²) in [6.07, 6.45) is -0.668. The van der Waals surface area contributed by atoms with Crippen molar-refractivity contribution >= 4 is 45.2 Å². The number of carbonyl (C=O) groups excluding carboxylic acids is 1. The molecular formula is C11H13BrN2O5S. The predicted octanol–water partition coefficient (Wildman–Crippen LogP) is 1.58. The summed E-state index contributed by atoms with van der Waals surface area (Å²) in [7, 11) is 1.50. The van der Waals surface area contributed by atoms with Gasteiger partial charge < -0.3 is 20.4 Å². The molecule has 0 spiro atoms. The van der Waals surface area contributed by atoms with Crippen molar-refractivity contribution in [2.75, 3.05) is 7.05 Å². The summed E-state index contributed by atoms with van der Waals surface area (Å²) in [5.41, 5.74) is 0.893. The van der Waals surface area contributed by atoms with Crippen molar-refractivity contribution in [2.45, 2.75) is 19.0 Å². The first-order chi connectivity index (χ1) is 9.29. The van der Waals surface area contributed by atoms with Crippen molar-refractivity contribution in [2.24, 2.45) is 0 Å². The van der Waals surface area contributed by atoms with Crippen LogP contribution in [-0.2, 0) is 16.1 Å². The van der Waals surface area contributed by atoms with Crippen LogP contribution in [0.2, 0.25) is 0 Å². The van der Waals surface area contributed by atoms with Crippen molar-refractivity contribution in [3.8, 4) is 0 Å². The first kappa shape index (κ1) is 16.4. The van der Waals surface area contributed by atoms with Crippen molar-refractivity contribution in [3.05, 3.63) is 20.8 Å². The van der Waals surface area contributed by atoms with Crippen LogP contribution in [0.3, 0.4) is 0 Å². The summed E-state index contributed by atoms with van der Waals surface area (Å²) in [5.74, 6) is -2.67. The van der Waals surface area contributed by atoms with Crippen LogP contribution in [0.25, 0.3) is 0 Å². The first-order valence-electron chi connectivity index (χ1n) is 5.48. The number of urea groups is 1. The van der Waals surface area contributed by atoms with Crippen LogP contribution in [0, 0.1) is 0 Å². The fourth-order valence-corrected chi connectivity index (χ4v) is 2.61. The van der Waals surface area contributed by atoms with Crippen LogP contribution in [0.5, 0.6) is 0 Å². The Morgan fingerprint density at radius 3 is 2.55 bits per heavy atom. The molecule has 7 nitrogen and oxygen atoms in total. The number of aliphatic carboxylic acids is 2. The molecule has 0 unspecified atom stereocenters. The summed E-state index contributed by atoms with van der Waals surface area (Å²) < 4.78 is 0.926. The van der Waals surface area contributed by atoms with Gasteiger partial charge in [0.25, 0.3) is 0 Å². The Balaban J connectivity index is 2.59. The molecule has 0 radical (unpaired) electrons. The predicted molar refractivity (Wildman–Crippen MR) is 75.7 cm³/mol. The maximum Gasteiger partial charge on any atom is 0.326 e. The lowest BCUT2D eigenvalue weighted by atomic mass is 10.2. The van der Waals surface area contributed by atoms with E-state index in [9.17, 15) is 14.4 Å². The summed E-state index contributed by atoms with van der Waals surface area (Å²) in [6, 6.07) is -0.238. The van der Waals surface area contributed by atoms with E-state index in [-0.39, 0.29) is 0 Å². The van der Waals surface area contributed by atoms with Gasteiger partial charge in [-0.25, -0.2) is 9.59 Å². The molecule has 9 heteroatoms. The molecule has 1 aromatic heterocycles. The minimum absolute atomic E-state index is 0.299. The van der Waals surface area contributed by atoms with Crippen LogP contribution < -0.4 is 5.32 Å². The Labute approximate surface area is 127 Å². The first-order valence-corrected chi connectivity index (χ1v) is 7.16. The highest BCUT2D eigenvalue weighted by Crippen LogP contribution is 2.21. The van der Waals surface area contributed by atoms with Crippen LogP contribution >= 0.6 is 27.3 Å². The molecule has 0 aliphatic carbocycles. The number of thiophene rings is 1. The number of amides is 2. The molecule has 110 valence electrons. The average Bonchev–Trinajstić information content (AvgIpc) is 2.72. The molecule has 0 aliphatic heterocycles. The maximum absolute atomic E-state index is 11.8. The standard InChI is InChI=1S/C11H13BrN2O5S/c1-14(4-6-2-8(12)20-5-6)11(19)13-7(10(17)18)3-9(15)16/h2,5,7H,3-4H2,1H3,(H,13,19)(H,15,16)(H,17,18)/t7-/m1/s1. The summed E-state index contributed by atoms with van der Waals surface area (Å²) in [5, 5.41) is 21.5. The summed E-state index contributed by atoms with van der Waals surface area (Å²) in [4.78, 5) is 34.5. The Morgan fingerprint density at radius 2 is 2.10 bits per heavy atom. The van der Waals surface area contributed by atoms with E-state index in [1.165, 1.54) is 23.3 Å². The van der Waals surface area contributed by atoms with Crippen molar-refractivity contribution in [3.63, 3.8) is 0 Å². The monoisotopic (exact) mass is 364 g/mol. The summed E-state index contributed by atoms with van der Waals surface area (Å²) >= 11 is 4.77. The van der Waals surface area contributed by atoms with Gasteiger partial charge in [0.2, 0.25) is 0 Å². The number of carboxylic acid groups (broad SMARTS) is 2. The van der Waals surface area contributed by atoms with Gasteiger partial charge in [-0.1, -0.05) is 0 Å². The number of nitrogens with zero attached hydrogens (tertiary/aromatic N) is 1. The molecule has 0 saturated carbocycles. The molecule has 1 atom stereocenters. The third-order valence-corrected chi connectivity index (χ3v) is 3.92. The van der Waals surface area contributed by atoms with E-state index < -0.39 is 30.4 Å². The molecule has 1 heterocycles. The van der Waals surface area contributed by atoms with Gasteiger partial charge in [0.05, 0.1) is 10.2 Å². The van der Waals surface area contributed by atoms with Crippen molar-refractivity contribution < 1.29 is 24.6 Å². The molecule has 3 N–H and O–H groups in total. The quantitative estimate of drug-likeness (QED) is 0.710. The summed E-state index contributed by atoms with van der Waals surface area (Å²) in [6.45, 7) is 0.299.